The first kappa shape index (κ1) is 19.7. The van der Waals surface area contributed by atoms with Gasteiger partial charge in [0.25, 0.3) is 0 Å². The van der Waals surface area contributed by atoms with Crippen molar-refractivity contribution in [3.05, 3.63) is 71.8 Å². The number of alkyl halides is 2. The first-order valence-electron chi connectivity index (χ1n) is 7.71. The van der Waals surface area contributed by atoms with Crippen LogP contribution in [-0.2, 0) is 22.4 Å². The Bertz CT molecular complexity index is 721. The van der Waals surface area contributed by atoms with E-state index in [0.717, 1.165) is 11.1 Å². The second-order valence-electron chi connectivity index (χ2n) is 5.87. The van der Waals surface area contributed by atoms with Gasteiger partial charge in [-0.2, -0.15) is 0 Å². The van der Waals surface area contributed by atoms with Gasteiger partial charge in [-0.05, 0) is 24.0 Å². The van der Waals surface area contributed by atoms with Crippen molar-refractivity contribution < 1.29 is 19.8 Å². The van der Waals surface area contributed by atoms with Crippen LogP contribution in [0.4, 0.5) is 0 Å². The van der Waals surface area contributed by atoms with E-state index in [1.54, 1.807) is 0 Å². The molecule has 132 valence electrons. The third kappa shape index (κ3) is 4.92. The third-order valence-electron chi connectivity index (χ3n) is 4.14. The third-order valence-corrected chi connectivity index (χ3v) is 6.37. The number of benzene rings is 2. The average molecular weight is 470 g/mol. The highest BCUT2D eigenvalue weighted by Crippen LogP contribution is 2.39. The molecule has 2 aromatic carbocycles. The van der Waals surface area contributed by atoms with E-state index in [4.69, 9.17) is 0 Å². The normalized spacial score (nSPS) is 15.8. The number of aliphatic carboxylic acids is 2. The minimum Gasteiger partial charge on any atom is -0.480 e. The van der Waals surface area contributed by atoms with Gasteiger partial charge in [-0.3, -0.25) is 9.59 Å². The molecule has 0 fully saturated rings. The summed E-state index contributed by atoms with van der Waals surface area (Å²) < 4.78 is -1.42. The molecule has 0 aliphatic rings. The van der Waals surface area contributed by atoms with Crippen LogP contribution in [-0.4, -0.2) is 31.3 Å². The van der Waals surface area contributed by atoms with Crippen LogP contribution < -0.4 is 0 Å². The lowest BCUT2D eigenvalue weighted by Crippen LogP contribution is -2.49. The maximum atomic E-state index is 12.1. The summed E-state index contributed by atoms with van der Waals surface area (Å²) in [5.74, 6) is -2.87. The quantitative estimate of drug-likeness (QED) is 0.569. The highest BCUT2D eigenvalue weighted by Gasteiger charge is 2.48. The van der Waals surface area contributed by atoms with Gasteiger partial charge in [-0.1, -0.05) is 92.5 Å². The molecule has 0 aliphatic heterocycles. The fourth-order valence-corrected chi connectivity index (χ4v) is 4.54. The van der Waals surface area contributed by atoms with Gasteiger partial charge >= 0.3 is 11.9 Å². The van der Waals surface area contributed by atoms with Crippen LogP contribution >= 0.6 is 31.9 Å². The minimum absolute atomic E-state index is 0.177. The van der Waals surface area contributed by atoms with E-state index in [-0.39, 0.29) is 6.42 Å². The Morgan fingerprint density at radius 2 is 1.40 bits per heavy atom. The first-order valence-corrected chi connectivity index (χ1v) is 9.42. The fourth-order valence-electron chi connectivity index (χ4n) is 2.80. The summed E-state index contributed by atoms with van der Waals surface area (Å²) in [5, 5.41) is 19.4. The number of carboxylic acid groups (broad SMARTS) is 2. The molecule has 0 radical (unpaired) electrons. The van der Waals surface area contributed by atoms with Gasteiger partial charge in [0.15, 0.2) is 0 Å². The molecule has 0 aliphatic carbocycles. The molecule has 3 atom stereocenters. The zero-order valence-electron chi connectivity index (χ0n) is 13.3. The maximum Gasteiger partial charge on any atom is 0.321 e. The summed E-state index contributed by atoms with van der Waals surface area (Å²) in [6, 6.07) is 18.5. The zero-order chi connectivity index (χ0) is 18.4. The van der Waals surface area contributed by atoms with E-state index in [0.29, 0.717) is 6.42 Å². The summed E-state index contributed by atoms with van der Waals surface area (Å²) in [6.45, 7) is 0. The largest absolute Gasteiger partial charge is 0.480 e. The van der Waals surface area contributed by atoms with E-state index in [9.17, 15) is 19.8 Å². The van der Waals surface area contributed by atoms with Crippen molar-refractivity contribution in [1.82, 2.24) is 0 Å². The number of carbonyl (C=O) groups is 2. The molecular weight excluding hydrogens is 452 g/mol. The van der Waals surface area contributed by atoms with Gasteiger partial charge in [-0.15, -0.1) is 0 Å². The van der Waals surface area contributed by atoms with Gasteiger partial charge in [0.05, 0.1) is 0 Å². The van der Waals surface area contributed by atoms with E-state index in [1.165, 1.54) is 0 Å². The van der Waals surface area contributed by atoms with Crippen molar-refractivity contribution in [1.29, 1.82) is 0 Å². The molecule has 0 amide bonds. The van der Waals surface area contributed by atoms with Gasteiger partial charge in [0, 0.05) is 5.92 Å². The average Bonchev–Trinajstić information content (AvgIpc) is 2.60. The molecule has 25 heavy (non-hydrogen) atoms. The Morgan fingerprint density at radius 1 is 0.920 bits per heavy atom. The molecule has 2 rings (SSSR count). The molecule has 0 aromatic heterocycles. The lowest BCUT2D eigenvalue weighted by Gasteiger charge is -2.34. The minimum atomic E-state index is -1.42. The number of hydrogen-bond donors (Lipinski definition) is 2. The zero-order valence-corrected chi connectivity index (χ0v) is 16.5. The summed E-state index contributed by atoms with van der Waals surface area (Å²) in [7, 11) is 0. The Balaban J connectivity index is 2.42. The summed E-state index contributed by atoms with van der Waals surface area (Å²) in [6.07, 6.45) is 0.490. The van der Waals surface area contributed by atoms with Crippen molar-refractivity contribution in [3.8, 4) is 0 Å². The summed E-state index contributed by atoms with van der Waals surface area (Å²) in [4.78, 5) is 22.7. The van der Waals surface area contributed by atoms with Crippen LogP contribution in [0.15, 0.2) is 60.7 Å². The second kappa shape index (κ2) is 8.63. The van der Waals surface area contributed by atoms with E-state index in [1.807, 2.05) is 60.7 Å². The molecule has 0 heterocycles. The number of halogens is 2. The Morgan fingerprint density at radius 3 is 1.84 bits per heavy atom. The molecule has 2 aromatic rings. The van der Waals surface area contributed by atoms with Gasteiger partial charge in [-0.25, -0.2) is 0 Å². The van der Waals surface area contributed by atoms with E-state index >= 15 is 0 Å². The van der Waals surface area contributed by atoms with Crippen molar-refractivity contribution in [3.63, 3.8) is 0 Å². The lowest BCUT2D eigenvalue weighted by molar-refractivity contribution is -0.142. The molecule has 3 unspecified atom stereocenters. The molecule has 0 bridgehead atoms. The second-order valence-corrected chi connectivity index (χ2v) is 8.27. The van der Waals surface area contributed by atoms with E-state index < -0.39 is 27.0 Å². The SMILES string of the molecule is O=C(O)C(Br)C(Cc1ccccc1)C(Br)(Cc1ccccc1)C(=O)O. The van der Waals surface area contributed by atoms with Crippen molar-refractivity contribution in [2.75, 3.05) is 0 Å². The van der Waals surface area contributed by atoms with Crippen LogP contribution in [0.2, 0.25) is 0 Å². The molecule has 2 N–H and O–H groups in total. The Hall–Kier alpha value is -1.66. The predicted octanol–water partition coefficient (Wildman–Crippen LogP) is 4.15. The summed E-state index contributed by atoms with van der Waals surface area (Å²) in [5.41, 5.74) is 1.71. The van der Waals surface area contributed by atoms with E-state index in [2.05, 4.69) is 31.9 Å². The van der Waals surface area contributed by atoms with Crippen molar-refractivity contribution >= 4 is 43.8 Å². The van der Waals surface area contributed by atoms with Crippen LogP contribution in [0, 0.1) is 5.92 Å². The standard InChI is InChI=1S/C19H18Br2O4/c20-16(17(22)23)15(11-13-7-3-1-4-8-13)19(21,18(24)25)12-14-9-5-2-6-10-14/h1-10,15-16H,11-12H2,(H,22,23)(H,24,25). The monoisotopic (exact) mass is 468 g/mol. The molecular formula is C19H18Br2O4. The maximum absolute atomic E-state index is 12.1. The topological polar surface area (TPSA) is 74.6 Å². The summed E-state index contributed by atoms with van der Waals surface area (Å²) >= 11 is 6.58. The molecule has 0 saturated heterocycles. The van der Waals surface area contributed by atoms with Crippen molar-refractivity contribution in [2.45, 2.75) is 22.0 Å². The highest BCUT2D eigenvalue weighted by molar-refractivity contribution is 9.10. The molecule has 6 heteroatoms. The van der Waals surface area contributed by atoms with Crippen LogP contribution in [0.3, 0.4) is 0 Å². The molecule has 0 saturated carbocycles. The van der Waals surface area contributed by atoms with Crippen LogP contribution in [0.25, 0.3) is 0 Å². The van der Waals surface area contributed by atoms with Crippen LogP contribution in [0.5, 0.6) is 0 Å². The highest BCUT2D eigenvalue weighted by atomic mass is 79.9. The van der Waals surface area contributed by atoms with Gasteiger partial charge < -0.3 is 10.2 Å². The number of carboxylic acids is 2. The number of hydrogen-bond acceptors (Lipinski definition) is 2. The van der Waals surface area contributed by atoms with Crippen LogP contribution in [0.1, 0.15) is 11.1 Å². The smallest absolute Gasteiger partial charge is 0.321 e. The predicted molar refractivity (Wildman–Crippen MR) is 103 cm³/mol. The Labute approximate surface area is 163 Å². The van der Waals surface area contributed by atoms with Gasteiger partial charge in [0.2, 0.25) is 0 Å². The van der Waals surface area contributed by atoms with Crippen molar-refractivity contribution in [2.24, 2.45) is 5.92 Å². The number of rotatable bonds is 8. The molecule has 0 spiro atoms. The van der Waals surface area contributed by atoms with Gasteiger partial charge in [0.1, 0.15) is 9.15 Å². The fraction of sp³-hybridized carbons (Fsp3) is 0.263. The lowest BCUT2D eigenvalue weighted by atomic mass is 9.80. The first-order chi connectivity index (χ1) is 11.8. The Kier molecular flexibility index (Phi) is 6.79. The molecule has 4 nitrogen and oxygen atoms in total.